The topological polar surface area (TPSA) is 0 Å². The van der Waals surface area contributed by atoms with Gasteiger partial charge in [0.1, 0.15) is 0 Å². The molecule has 0 aliphatic heterocycles. The third-order valence-corrected chi connectivity index (χ3v) is 2.40. The smallest absolute Gasteiger partial charge is 1.00 e. The van der Waals surface area contributed by atoms with Gasteiger partial charge in [0.05, 0.1) is 0 Å². The molecule has 2 aliphatic rings. The molecule has 0 bridgehead atoms. The second-order valence-electron chi connectivity index (χ2n) is 4.06. The monoisotopic (exact) mass is 372 g/mol. The van der Waals surface area contributed by atoms with Crippen molar-refractivity contribution in [1.82, 2.24) is 0 Å². The molecule has 0 aromatic heterocycles. The van der Waals surface area contributed by atoms with Crippen LogP contribution in [0.2, 0.25) is 0 Å². The van der Waals surface area contributed by atoms with E-state index in [0.717, 1.165) is 24.0 Å². The zero-order chi connectivity index (χ0) is 13.8. The Balaban J connectivity index is 0. The number of hydrogen-bond donors (Lipinski definition) is 0. The molecule has 0 radical (unpaired) electrons. The Hall–Kier alpha value is -0.907. The van der Waals surface area contributed by atoms with E-state index in [0.29, 0.717) is 0 Å². The Morgan fingerprint density at radius 1 is 0.952 bits per heavy atom. The van der Waals surface area contributed by atoms with Crippen LogP contribution in [0, 0.1) is 18.7 Å². The van der Waals surface area contributed by atoms with E-state index in [1.54, 1.807) is 0 Å². The zero-order valence-electron chi connectivity index (χ0n) is 12.2. The summed E-state index contributed by atoms with van der Waals surface area (Å²) in [5.74, 6) is 0. The predicted molar refractivity (Wildman–Crippen MR) is 83.0 cm³/mol. The van der Waals surface area contributed by atoms with Gasteiger partial charge in [0.15, 0.2) is 0 Å². The molecule has 0 unspecified atom stereocenters. The second-order valence-corrected chi connectivity index (χ2v) is 4.06. The summed E-state index contributed by atoms with van der Waals surface area (Å²) in [6.07, 6.45) is 20.0. The first kappa shape index (κ1) is 22.4. The van der Waals surface area contributed by atoms with Gasteiger partial charge in [0, 0.05) is 0 Å². The largest absolute Gasteiger partial charge is 4.00 e. The predicted octanol–water partition coefficient (Wildman–Crippen LogP) is 2.14. The molecule has 106 valence electrons. The number of allylic oxidation sites excluding steroid dienone is 9. The van der Waals surface area contributed by atoms with E-state index in [-0.39, 0.29) is 38.6 Å². The number of rotatable bonds is 1. The minimum absolute atomic E-state index is 0. The van der Waals surface area contributed by atoms with Crippen LogP contribution >= 0.6 is 0 Å². The minimum atomic E-state index is 0. The Bertz CT molecular complexity index is 440. The minimum Gasteiger partial charge on any atom is -1.00 e. The van der Waals surface area contributed by atoms with E-state index in [1.165, 1.54) is 0 Å². The third-order valence-electron chi connectivity index (χ3n) is 2.40. The number of hydrogen-bond acceptors (Lipinski definition) is 0. The van der Waals surface area contributed by atoms with Gasteiger partial charge in [0.2, 0.25) is 0 Å². The molecule has 0 atom stereocenters. The maximum absolute atomic E-state index is 5.53. The van der Waals surface area contributed by atoms with Crippen LogP contribution in [0.5, 0.6) is 0 Å². The molecule has 1 aromatic carbocycles. The molecule has 0 nitrogen and oxygen atoms in total. The van der Waals surface area contributed by atoms with Crippen LogP contribution in [0.3, 0.4) is 0 Å². The number of halogens is 1. The van der Waals surface area contributed by atoms with Crippen LogP contribution in [0.1, 0.15) is 25.3 Å². The van der Waals surface area contributed by atoms with E-state index in [1.807, 2.05) is 61.6 Å². The summed E-state index contributed by atoms with van der Waals surface area (Å²) < 4.78 is 0. The van der Waals surface area contributed by atoms with Crippen molar-refractivity contribution in [2.75, 3.05) is 0 Å². The molecule has 0 fully saturated rings. The summed E-state index contributed by atoms with van der Waals surface area (Å²) in [6, 6.07) is 9.93. The first-order valence-electron chi connectivity index (χ1n) is 6.38. The third kappa shape index (κ3) is 12.5. The quantitative estimate of drug-likeness (QED) is 0.661. The molecule has 2 aliphatic carbocycles. The average Bonchev–Trinajstić information content (AvgIpc) is 3.18. The Morgan fingerprint density at radius 2 is 1.43 bits per heavy atom. The van der Waals surface area contributed by atoms with Gasteiger partial charge in [-0.15, -0.1) is 25.0 Å². The Labute approximate surface area is 154 Å². The molecular formula is C19H19ClZr. The van der Waals surface area contributed by atoms with E-state index < -0.39 is 0 Å². The van der Waals surface area contributed by atoms with Gasteiger partial charge in [-0.05, 0) is 0 Å². The van der Waals surface area contributed by atoms with Crippen LogP contribution in [-0.2, 0) is 26.2 Å². The van der Waals surface area contributed by atoms with Gasteiger partial charge in [-0.2, -0.15) is 17.7 Å². The molecule has 3 rings (SSSR count). The fraction of sp³-hybridized carbons (Fsp3) is 0.158. The molecule has 0 amide bonds. The number of benzene rings is 1. The standard InChI is InChI=1S/C9H9.2C5H5.ClH.Zr/c1-8(2)9-6-4-3-5-7-9;2*1-2-4-5-3-1;;/h1,3-7H,2H3;2*1-3H,4H2;1H;/q3*-1;;+4/p-1. The summed E-state index contributed by atoms with van der Waals surface area (Å²) in [4.78, 5) is 0. The van der Waals surface area contributed by atoms with Crippen molar-refractivity contribution < 1.29 is 38.6 Å². The van der Waals surface area contributed by atoms with Crippen molar-refractivity contribution in [3.05, 3.63) is 91.1 Å². The first-order chi connectivity index (χ1) is 9.30. The Morgan fingerprint density at radius 3 is 1.62 bits per heavy atom. The van der Waals surface area contributed by atoms with Crippen LogP contribution < -0.4 is 12.4 Å². The van der Waals surface area contributed by atoms with Crippen molar-refractivity contribution in [3.63, 3.8) is 0 Å². The molecule has 0 N–H and O–H groups in total. The molecule has 21 heavy (non-hydrogen) atoms. The van der Waals surface area contributed by atoms with Gasteiger partial charge in [0.25, 0.3) is 0 Å². The SMILES string of the molecule is [C-]1=CC=CC1.[C-]1=CC=CC1.[CH-]=C(C)c1ccccc1.[Cl-].[Zr+4]. The van der Waals surface area contributed by atoms with Crippen molar-refractivity contribution in [2.24, 2.45) is 0 Å². The van der Waals surface area contributed by atoms with Gasteiger partial charge in [-0.3, -0.25) is 18.7 Å². The maximum Gasteiger partial charge on any atom is 4.00 e. The zero-order valence-corrected chi connectivity index (χ0v) is 15.4. The summed E-state index contributed by atoms with van der Waals surface area (Å²) >= 11 is 0. The molecular weight excluding hydrogens is 355 g/mol. The van der Waals surface area contributed by atoms with E-state index in [4.69, 9.17) is 6.58 Å². The van der Waals surface area contributed by atoms with E-state index in [9.17, 15) is 0 Å². The van der Waals surface area contributed by atoms with Crippen molar-refractivity contribution in [1.29, 1.82) is 0 Å². The van der Waals surface area contributed by atoms with Gasteiger partial charge < -0.3 is 12.4 Å². The summed E-state index contributed by atoms with van der Waals surface area (Å²) in [5.41, 5.74) is 1.98. The van der Waals surface area contributed by atoms with Crippen molar-refractivity contribution >= 4 is 5.57 Å². The molecule has 0 saturated carbocycles. The first-order valence-corrected chi connectivity index (χ1v) is 6.38. The normalized spacial score (nSPS) is 12.2. The van der Waals surface area contributed by atoms with Gasteiger partial charge in [-0.25, -0.2) is 29.9 Å². The Kier molecular flexibility index (Phi) is 16.5. The van der Waals surface area contributed by atoms with E-state index >= 15 is 0 Å². The van der Waals surface area contributed by atoms with Crippen LogP contribution in [-0.4, -0.2) is 0 Å². The molecule has 0 spiro atoms. The van der Waals surface area contributed by atoms with Crippen LogP contribution in [0.4, 0.5) is 0 Å². The fourth-order valence-electron chi connectivity index (χ4n) is 1.38. The van der Waals surface area contributed by atoms with Crippen molar-refractivity contribution in [3.8, 4) is 0 Å². The fourth-order valence-corrected chi connectivity index (χ4v) is 1.38. The molecule has 0 heterocycles. The summed E-state index contributed by atoms with van der Waals surface area (Å²) in [5, 5.41) is 0. The average molecular weight is 374 g/mol. The molecule has 0 saturated heterocycles. The van der Waals surface area contributed by atoms with Gasteiger partial charge in [-0.1, -0.05) is 25.1 Å². The summed E-state index contributed by atoms with van der Waals surface area (Å²) in [6.45, 7) is 7.43. The van der Waals surface area contributed by atoms with Gasteiger partial charge >= 0.3 is 26.2 Å². The van der Waals surface area contributed by atoms with E-state index in [2.05, 4.69) is 24.3 Å². The molecule has 1 aromatic rings. The molecule has 2 heteroatoms. The van der Waals surface area contributed by atoms with Crippen molar-refractivity contribution in [2.45, 2.75) is 19.8 Å². The maximum atomic E-state index is 5.53. The van der Waals surface area contributed by atoms with Crippen LogP contribution in [0.25, 0.3) is 5.57 Å². The second kappa shape index (κ2) is 15.5. The summed E-state index contributed by atoms with van der Waals surface area (Å²) in [7, 11) is 0. The van der Waals surface area contributed by atoms with Crippen LogP contribution in [0.15, 0.2) is 66.8 Å².